The van der Waals surface area contributed by atoms with Crippen molar-refractivity contribution >= 4 is 32.8 Å². The van der Waals surface area contributed by atoms with Gasteiger partial charge in [-0.25, -0.2) is 4.98 Å². The van der Waals surface area contributed by atoms with Gasteiger partial charge in [-0.3, -0.25) is 13.7 Å². The largest absolute Gasteiger partial charge is 0.458 e. The number of imidazole rings is 1. The lowest BCUT2D eigenvalue weighted by molar-refractivity contribution is -0.574. The molecule has 5 heteroatoms. The normalized spacial score (nSPS) is 16.0. The summed E-state index contributed by atoms with van der Waals surface area (Å²) in [7, 11) is 0. The van der Waals surface area contributed by atoms with Crippen molar-refractivity contribution in [3.05, 3.63) is 223 Å². The molecule has 0 aliphatic heterocycles. The predicted molar refractivity (Wildman–Crippen MR) is 281 cm³/mol. The summed E-state index contributed by atoms with van der Waals surface area (Å²) < 4.78 is 167. The molecule has 5 nitrogen and oxygen atoms in total. The van der Waals surface area contributed by atoms with Crippen molar-refractivity contribution in [3.63, 3.8) is 0 Å². The first-order chi connectivity index (χ1) is 40.3. The van der Waals surface area contributed by atoms with Crippen molar-refractivity contribution in [1.29, 1.82) is 0 Å². The lowest BCUT2D eigenvalue weighted by Crippen LogP contribution is -2.37. The number of pyridine rings is 1. The fourth-order valence-corrected chi connectivity index (χ4v) is 8.81. The fourth-order valence-electron chi connectivity index (χ4n) is 8.81. The molecule has 0 saturated heterocycles. The maximum Gasteiger partial charge on any atom is 0.269 e. The second-order valence-corrected chi connectivity index (χ2v) is 18.6. The monoisotopic (exact) mass is 901 g/mol. The summed E-state index contributed by atoms with van der Waals surface area (Å²) in [6, 6.07) is 23.1. The third-order valence-corrected chi connectivity index (χ3v) is 12.0. The van der Waals surface area contributed by atoms with Crippen LogP contribution in [0, 0.1) is 13.2 Å². The molecule has 0 atom stereocenters. The van der Waals surface area contributed by atoms with E-state index >= 15 is 0 Å². The van der Waals surface area contributed by atoms with Crippen LogP contribution in [-0.4, -0.2) is 14.1 Å². The molecule has 332 valence electrons. The van der Waals surface area contributed by atoms with Crippen LogP contribution in [0.4, 0.5) is 0 Å². The van der Waals surface area contributed by atoms with Crippen molar-refractivity contribution in [2.24, 2.45) is 0 Å². The van der Waals surface area contributed by atoms with E-state index < -0.39 is 84.1 Å². The van der Waals surface area contributed by atoms with Gasteiger partial charge in [0, 0.05) is 32.7 Å². The van der Waals surface area contributed by atoms with Crippen LogP contribution >= 0.6 is 0 Å². The van der Waals surface area contributed by atoms with Crippen LogP contribution in [0.3, 0.4) is 0 Å². The van der Waals surface area contributed by atoms with Crippen molar-refractivity contribution < 1.29 is 34.0 Å². The first-order valence-corrected chi connectivity index (χ1v) is 22.0. The van der Waals surface area contributed by atoms with E-state index in [0.717, 1.165) is 21.9 Å². The van der Waals surface area contributed by atoms with Crippen LogP contribution < -0.4 is 9.30 Å². The number of hydrogen-bond acceptors (Lipinski definition) is 2. The molecule has 8 aromatic carbocycles. The summed E-state index contributed by atoms with van der Waals surface area (Å²) in [5.74, 6) is 0.915. The second-order valence-electron chi connectivity index (χ2n) is 18.6. The molecular weight excluding hydrogens is 829 g/mol. The molecule has 0 aliphatic rings. The molecule has 0 amide bonds. The number of para-hydroxylation sites is 1. The fraction of sp³-hybridized carbons (Fsp3) is 0.143. The maximum absolute atomic E-state index is 8.98. The molecule has 3 heterocycles. The highest BCUT2D eigenvalue weighted by molar-refractivity contribution is 6.09. The smallest absolute Gasteiger partial charge is 0.269 e. The van der Waals surface area contributed by atoms with E-state index in [1.165, 1.54) is 12.3 Å². The molecule has 11 rings (SSSR count). The number of aryl methyl sites for hydroxylation is 1. The Labute approximate surface area is 424 Å². The van der Waals surface area contributed by atoms with Gasteiger partial charge in [-0.05, 0) is 111 Å². The number of benzene rings is 8. The molecule has 0 saturated carbocycles. The van der Waals surface area contributed by atoms with Crippen LogP contribution in [0.2, 0.25) is 0 Å². The van der Waals surface area contributed by atoms with Gasteiger partial charge in [-0.1, -0.05) is 181 Å². The summed E-state index contributed by atoms with van der Waals surface area (Å²) in [5.41, 5.74) is 3.89. The van der Waals surface area contributed by atoms with Crippen LogP contribution in [-0.2, 0) is 10.8 Å². The first-order valence-electron chi connectivity index (χ1n) is 31.0. The number of hydrogen-bond donors (Lipinski definition) is 0. The number of aromatic nitrogens is 4. The topological polar surface area (TPSA) is 35.9 Å². The van der Waals surface area contributed by atoms with E-state index in [9.17, 15) is 0 Å². The standard InChI is InChI=1S/C63H54N4O/c1-42-34-60(64-40-53(42)45-24-15-10-16-25-45)67-56-29-18-17-28-51(56)52-32-31-50(39-58(52)67)68-49-27-19-26-48(38-49)65-41-66(57-33-30-46(37-59(57)65)43-20-11-8-12-21-43)61-54(62(2,3)4)35-47(36-55(61)63(5,6)7)44-22-13-9-14-23-44/h8-40H,1-7H3/i1D3,8D,9D,10D,11D,12D,13D,14D,15D,16D,20D,21D,22D,23D,24D,25D. The molecule has 0 bridgehead atoms. The lowest BCUT2D eigenvalue weighted by atomic mass is 9.76. The van der Waals surface area contributed by atoms with E-state index in [0.29, 0.717) is 56.1 Å². The van der Waals surface area contributed by atoms with Gasteiger partial charge in [-0.2, -0.15) is 0 Å². The van der Waals surface area contributed by atoms with Gasteiger partial charge < -0.3 is 4.74 Å². The van der Waals surface area contributed by atoms with Gasteiger partial charge >= 0.3 is 0 Å². The minimum Gasteiger partial charge on any atom is -0.458 e. The molecule has 0 fully saturated rings. The van der Waals surface area contributed by atoms with E-state index in [2.05, 4.69) is 6.33 Å². The number of rotatable bonds is 8. The Morgan fingerprint density at radius 1 is 0.559 bits per heavy atom. The van der Waals surface area contributed by atoms with E-state index in [4.69, 9.17) is 34.4 Å². The molecule has 0 spiro atoms. The van der Waals surface area contributed by atoms with E-state index in [-0.39, 0.29) is 57.8 Å². The minimum absolute atomic E-state index is 0.00867. The molecule has 3 aromatic heterocycles. The molecule has 11 aromatic rings. The Hall–Kier alpha value is -8.02. The zero-order valence-electron chi connectivity index (χ0n) is 56.1. The number of nitrogens with zero attached hydrogens (tertiary/aromatic N) is 4. The molecule has 0 unspecified atom stereocenters. The van der Waals surface area contributed by atoms with Crippen LogP contribution in [0.25, 0.3) is 83.4 Å². The molecule has 68 heavy (non-hydrogen) atoms. The third-order valence-electron chi connectivity index (χ3n) is 12.0. The first kappa shape index (κ1) is 27.0. The summed E-state index contributed by atoms with van der Waals surface area (Å²) in [5, 5.41) is 1.58. The number of fused-ring (bicyclic) bond motifs is 4. The Kier molecular flexibility index (Phi) is 6.62. The van der Waals surface area contributed by atoms with Gasteiger partial charge in [0.15, 0.2) is 0 Å². The highest BCUT2D eigenvalue weighted by Crippen LogP contribution is 2.41. The number of ether oxygens (including phenoxy) is 1. The summed E-state index contributed by atoms with van der Waals surface area (Å²) in [4.78, 5) is 4.71. The zero-order valence-corrected chi connectivity index (χ0v) is 38.1. The molecule has 0 radical (unpaired) electrons. The highest BCUT2D eigenvalue weighted by Gasteiger charge is 2.30. The van der Waals surface area contributed by atoms with Gasteiger partial charge in [0.2, 0.25) is 0 Å². The Balaban J connectivity index is 1.10. The Bertz CT molecular complexity index is 4580. The minimum atomic E-state index is -2.82. The quantitative estimate of drug-likeness (QED) is 0.113. The van der Waals surface area contributed by atoms with Gasteiger partial charge in [-0.15, -0.1) is 0 Å². The zero-order chi connectivity index (χ0) is 62.3. The van der Waals surface area contributed by atoms with E-state index in [1.54, 1.807) is 57.7 Å². The van der Waals surface area contributed by atoms with Gasteiger partial charge in [0.25, 0.3) is 6.33 Å². The van der Waals surface area contributed by atoms with Crippen LogP contribution in [0.5, 0.6) is 11.5 Å². The maximum atomic E-state index is 8.98. The average molecular weight is 901 g/mol. The lowest BCUT2D eigenvalue weighted by Gasteiger charge is -2.31. The third kappa shape index (κ3) is 7.74. The average Bonchev–Trinajstić information content (AvgIpc) is 1.43. The van der Waals surface area contributed by atoms with Gasteiger partial charge in [0.1, 0.15) is 17.3 Å². The van der Waals surface area contributed by atoms with Crippen molar-refractivity contribution in [3.8, 4) is 62.1 Å². The molecular formula is C63H54N4O. The Morgan fingerprint density at radius 2 is 1.19 bits per heavy atom. The summed E-state index contributed by atoms with van der Waals surface area (Å²) >= 11 is 0. The van der Waals surface area contributed by atoms with Crippen molar-refractivity contribution in [1.82, 2.24) is 14.1 Å². The summed E-state index contributed by atoms with van der Waals surface area (Å²) in [6.07, 6.45) is 4.84. The van der Waals surface area contributed by atoms with Gasteiger partial charge in [0.05, 0.1) is 54.0 Å². The summed E-state index contributed by atoms with van der Waals surface area (Å²) in [6.45, 7) is 9.31. The van der Waals surface area contributed by atoms with Crippen molar-refractivity contribution in [2.75, 3.05) is 0 Å². The SMILES string of the molecule is [2H]c1c([2H])c([2H])c(-c2cc(C(C)(C)C)c(-[n+]3[c-]n(-c4cccc(Oc5ccc6c7ccccc7n(-c7cc(C([2H])([2H])[2H])c(-c8c([2H])c([2H])c([2H])c([2H])c8[2H])cn7)c6c5)c4)c4cc(-c5c([2H])c([2H])c([2H])c([2H])c5[2H])ccc43)c(C(C)(C)C)c2)c([2H])c1[2H]. The molecule has 0 aliphatic carbocycles. The van der Waals surface area contributed by atoms with E-state index in [1.807, 2.05) is 94.6 Å². The second kappa shape index (κ2) is 16.7. The molecule has 0 N–H and O–H groups in total. The Morgan fingerprint density at radius 3 is 1.87 bits per heavy atom. The highest BCUT2D eigenvalue weighted by atomic mass is 16.5. The predicted octanol–water partition coefficient (Wildman–Crippen LogP) is 15.9. The van der Waals surface area contributed by atoms with Crippen molar-refractivity contribution in [2.45, 2.75) is 59.2 Å². The van der Waals surface area contributed by atoms with Crippen LogP contribution in [0.1, 0.15) is 82.9 Å². The van der Waals surface area contributed by atoms with Crippen LogP contribution in [0.15, 0.2) is 200 Å².